The van der Waals surface area contributed by atoms with E-state index in [2.05, 4.69) is 14.9 Å². The van der Waals surface area contributed by atoms with Gasteiger partial charge in [-0.25, -0.2) is 4.98 Å². The predicted octanol–water partition coefficient (Wildman–Crippen LogP) is 2.07. The first-order valence-electron chi connectivity index (χ1n) is 7.90. The average Bonchev–Trinajstić information content (AvgIpc) is 3.27. The number of methoxy groups -OCH3 is 1. The van der Waals surface area contributed by atoms with Crippen LogP contribution in [0, 0.1) is 0 Å². The third-order valence-electron chi connectivity index (χ3n) is 4.62. The van der Waals surface area contributed by atoms with Crippen molar-refractivity contribution in [2.24, 2.45) is 0 Å². The zero-order valence-corrected chi connectivity index (χ0v) is 13.0. The topological polar surface area (TPSA) is 71.4 Å². The molecule has 4 rings (SSSR count). The molecule has 3 heterocycles. The van der Waals surface area contributed by atoms with Gasteiger partial charge in [-0.3, -0.25) is 4.79 Å². The first-order valence-corrected chi connectivity index (χ1v) is 7.90. The summed E-state index contributed by atoms with van der Waals surface area (Å²) in [7, 11) is 1.67. The van der Waals surface area contributed by atoms with Gasteiger partial charge in [0.15, 0.2) is 17.6 Å². The Hall–Kier alpha value is -2.34. The van der Waals surface area contributed by atoms with Gasteiger partial charge in [0.25, 0.3) is 0 Å². The van der Waals surface area contributed by atoms with Crippen LogP contribution in [-0.4, -0.2) is 36.3 Å². The maximum atomic E-state index is 12.6. The van der Waals surface area contributed by atoms with E-state index in [0.29, 0.717) is 17.7 Å². The molecular weight excluding hydrogens is 294 g/mol. The van der Waals surface area contributed by atoms with Crippen molar-refractivity contribution in [1.29, 1.82) is 0 Å². The number of hydrogen-bond acceptors (Lipinski definition) is 5. The van der Waals surface area contributed by atoms with Crippen LogP contribution in [0.5, 0.6) is 0 Å². The number of fused-ring (bicyclic) bond motifs is 1. The Kier molecular flexibility index (Phi) is 3.53. The van der Waals surface area contributed by atoms with Crippen molar-refractivity contribution in [2.45, 2.75) is 25.4 Å². The summed E-state index contributed by atoms with van der Waals surface area (Å²) in [6.45, 7) is 2.00. The first kappa shape index (κ1) is 14.3. The molecule has 1 atom stereocenters. The third-order valence-corrected chi connectivity index (χ3v) is 4.62. The molecule has 1 unspecified atom stereocenters. The van der Waals surface area contributed by atoms with E-state index in [9.17, 15) is 4.79 Å². The van der Waals surface area contributed by atoms with Gasteiger partial charge in [0.1, 0.15) is 5.82 Å². The van der Waals surface area contributed by atoms with E-state index in [1.54, 1.807) is 19.4 Å². The van der Waals surface area contributed by atoms with Crippen molar-refractivity contribution in [3.8, 4) is 0 Å². The zero-order valence-electron chi connectivity index (χ0n) is 13.0. The number of anilines is 1. The molecule has 0 spiro atoms. The number of oxazole rings is 1. The van der Waals surface area contributed by atoms with E-state index in [4.69, 9.17) is 9.15 Å². The summed E-state index contributed by atoms with van der Waals surface area (Å²) in [4.78, 5) is 22.2. The van der Waals surface area contributed by atoms with Gasteiger partial charge in [0.05, 0.1) is 12.3 Å². The molecular formula is C17H19N3O3. The highest BCUT2D eigenvalue weighted by molar-refractivity contribution is 5.84. The van der Waals surface area contributed by atoms with Gasteiger partial charge < -0.3 is 19.0 Å². The highest BCUT2D eigenvalue weighted by atomic mass is 16.5. The van der Waals surface area contributed by atoms with Crippen LogP contribution in [0.4, 0.5) is 5.82 Å². The second-order valence-corrected chi connectivity index (χ2v) is 6.00. The number of nitrogens with zero attached hydrogens (tertiary/aromatic N) is 2. The molecule has 6 nitrogen and oxygen atoms in total. The van der Waals surface area contributed by atoms with E-state index >= 15 is 0 Å². The van der Waals surface area contributed by atoms with Crippen molar-refractivity contribution in [1.82, 2.24) is 9.97 Å². The molecule has 120 valence electrons. The molecule has 2 aromatic heterocycles. The minimum Gasteiger partial charge on any atom is -0.444 e. The summed E-state index contributed by atoms with van der Waals surface area (Å²) in [5.74, 6) is 1.56. The van der Waals surface area contributed by atoms with Gasteiger partial charge >= 0.3 is 0 Å². The fourth-order valence-electron chi connectivity index (χ4n) is 3.40. The summed E-state index contributed by atoms with van der Waals surface area (Å²) >= 11 is 0. The van der Waals surface area contributed by atoms with E-state index in [1.165, 1.54) is 19.2 Å². The lowest BCUT2D eigenvalue weighted by molar-refractivity contribution is 0.146. The molecule has 0 bridgehead atoms. The van der Waals surface area contributed by atoms with Crippen LogP contribution in [0.2, 0.25) is 0 Å². The van der Waals surface area contributed by atoms with Gasteiger partial charge in [-0.2, -0.15) is 0 Å². The maximum absolute atomic E-state index is 12.6. The quantitative estimate of drug-likeness (QED) is 0.939. The smallest absolute Gasteiger partial charge is 0.191 e. The van der Waals surface area contributed by atoms with Crippen LogP contribution in [0.25, 0.3) is 11.6 Å². The Balaban J connectivity index is 1.79. The average molecular weight is 313 g/mol. The number of rotatable bonds is 3. The van der Waals surface area contributed by atoms with E-state index in [-0.39, 0.29) is 11.5 Å². The Morgan fingerprint density at radius 1 is 1.39 bits per heavy atom. The summed E-state index contributed by atoms with van der Waals surface area (Å²) in [6.07, 6.45) is 7.72. The number of aromatic amines is 1. The normalized spacial score (nSPS) is 20.5. The molecule has 23 heavy (non-hydrogen) atoms. The van der Waals surface area contributed by atoms with Gasteiger partial charge in [0, 0.05) is 49.5 Å². The summed E-state index contributed by atoms with van der Waals surface area (Å²) < 4.78 is 11.0. The number of ether oxygens (including phenoxy) is 1. The second-order valence-electron chi connectivity index (χ2n) is 6.00. The lowest BCUT2D eigenvalue weighted by atomic mass is 9.92. The van der Waals surface area contributed by atoms with Gasteiger partial charge in [-0.05, 0) is 18.9 Å². The van der Waals surface area contributed by atoms with Crippen LogP contribution in [0.15, 0.2) is 27.9 Å². The Labute approximate surface area is 133 Å². The molecule has 2 aromatic rings. The zero-order chi connectivity index (χ0) is 15.8. The monoisotopic (exact) mass is 313 g/mol. The largest absolute Gasteiger partial charge is 0.444 e. The van der Waals surface area contributed by atoms with Gasteiger partial charge in [-0.15, -0.1) is 0 Å². The molecule has 6 heteroatoms. The predicted molar refractivity (Wildman–Crippen MR) is 87.4 cm³/mol. The molecule has 1 saturated heterocycles. The SMILES string of the molecule is COC1Cc2[nH]c(N3CCCC3)cc(=O)c2C=C1c1cnco1. The van der Waals surface area contributed by atoms with Gasteiger partial charge in [-0.1, -0.05) is 0 Å². The number of H-pyrrole nitrogens is 1. The lowest BCUT2D eigenvalue weighted by Crippen LogP contribution is -2.27. The van der Waals surface area contributed by atoms with Crippen molar-refractivity contribution >= 4 is 17.5 Å². The Bertz CT molecular complexity index is 786. The fraction of sp³-hybridized carbons (Fsp3) is 0.412. The minimum atomic E-state index is -0.153. The van der Waals surface area contributed by atoms with Crippen LogP contribution < -0.4 is 10.3 Å². The van der Waals surface area contributed by atoms with Crippen molar-refractivity contribution in [2.75, 3.05) is 25.1 Å². The third kappa shape index (κ3) is 2.49. The van der Waals surface area contributed by atoms with E-state index in [0.717, 1.165) is 30.2 Å². The number of pyridine rings is 1. The molecule has 0 radical (unpaired) electrons. The number of nitrogens with one attached hydrogen (secondary N) is 1. The molecule has 1 N–H and O–H groups in total. The molecule has 1 fully saturated rings. The lowest BCUT2D eigenvalue weighted by Gasteiger charge is -2.25. The molecule has 1 aliphatic carbocycles. The van der Waals surface area contributed by atoms with Crippen molar-refractivity contribution in [3.05, 3.63) is 45.9 Å². The van der Waals surface area contributed by atoms with Crippen LogP contribution in [-0.2, 0) is 11.2 Å². The Morgan fingerprint density at radius 3 is 2.91 bits per heavy atom. The molecule has 0 amide bonds. The van der Waals surface area contributed by atoms with E-state index < -0.39 is 0 Å². The Morgan fingerprint density at radius 2 is 2.22 bits per heavy atom. The molecule has 0 aromatic carbocycles. The fourth-order valence-corrected chi connectivity index (χ4v) is 3.40. The molecule has 1 aliphatic heterocycles. The number of hydrogen-bond donors (Lipinski definition) is 1. The van der Waals surface area contributed by atoms with Crippen LogP contribution >= 0.6 is 0 Å². The van der Waals surface area contributed by atoms with E-state index in [1.807, 2.05) is 6.08 Å². The van der Waals surface area contributed by atoms with Gasteiger partial charge in [0.2, 0.25) is 0 Å². The maximum Gasteiger partial charge on any atom is 0.191 e. The summed E-state index contributed by atoms with van der Waals surface area (Å²) in [6, 6.07) is 1.70. The highest BCUT2D eigenvalue weighted by Gasteiger charge is 2.27. The van der Waals surface area contributed by atoms with Crippen molar-refractivity contribution in [3.63, 3.8) is 0 Å². The molecule has 2 aliphatic rings. The van der Waals surface area contributed by atoms with Crippen LogP contribution in [0.3, 0.4) is 0 Å². The highest BCUT2D eigenvalue weighted by Crippen LogP contribution is 2.31. The summed E-state index contributed by atoms with van der Waals surface area (Å²) in [5.41, 5.74) is 2.51. The number of aromatic nitrogens is 2. The second kappa shape index (κ2) is 5.70. The standard InChI is InChI=1S/C17H19N3O3/c1-22-15-7-13-11(6-12(15)16-9-18-10-23-16)14(21)8-17(19-13)20-4-2-3-5-20/h6,8-10,15H,2-5,7H2,1H3,(H,19,21). The van der Waals surface area contributed by atoms with Crippen molar-refractivity contribution < 1.29 is 9.15 Å². The summed E-state index contributed by atoms with van der Waals surface area (Å²) in [5, 5.41) is 0. The molecule has 0 saturated carbocycles. The van der Waals surface area contributed by atoms with Crippen LogP contribution in [0.1, 0.15) is 29.9 Å². The minimum absolute atomic E-state index is 0.0345. The first-order chi connectivity index (χ1) is 11.3.